The van der Waals surface area contributed by atoms with Gasteiger partial charge in [0.15, 0.2) is 0 Å². The predicted molar refractivity (Wildman–Crippen MR) is 214 cm³/mol. The molecule has 57 heavy (non-hydrogen) atoms. The zero-order chi connectivity index (χ0) is 39.7. The highest BCUT2D eigenvalue weighted by molar-refractivity contribution is 6.32. The predicted octanol–water partition coefficient (Wildman–Crippen LogP) is 5.97. The van der Waals surface area contributed by atoms with Gasteiger partial charge >= 0.3 is 0 Å². The lowest BCUT2D eigenvalue weighted by atomic mass is 9.84. The van der Waals surface area contributed by atoms with Gasteiger partial charge in [-0.25, -0.2) is 0 Å². The second kappa shape index (κ2) is 13.9. The summed E-state index contributed by atoms with van der Waals surface area (Å²) >= 11 is 6.33. The van der Waals surface area contributed by atoms with E-state index < -0.39 is 35.1 Å². The van der Waals surface area contributed by atoms with Crippen LogP contribution in [0.4, 0.5) is 22.7 Å². The average molecular weight is 783 g/mol. The minimum atomic E-state index is -0.984. The number of nitriles is 1. The van der Waals surface area contributed by atoms with E-state index in [0.29, 0.717) is 28.8 Å². The second-order valence-corrected chi connectivity index (χ2v) is 16.4. The fraction of sp³-hybridized carbons (Fsp3) is 0.318. The highest BCUT2D eigenvalue weighted by Gasteiger charge is 2.46. The number of imide groups is 2. The summed E-state index contributed by atoms with van der Waals surface area (Å²) in [6.07, 6.45) is 1.29. The molecule has 0 radical (unpaired) electrons. The number of anilines is 4. The topological polar surface area (TPSA) is 143 Å². The Balaban J connectivity index is 0.783. The number of carbonyl (C=O) groups excluding carboxylic acids is 5. The minimum Gasteiger partial charge on any atom is -0.374 e. The molecule has 9 rings (SSSR count). The molecular formula is C44H39ClN6O6. The summed E-state index contributed by atoms with van der Waals surface area (Å²) < 4.78 is 6.34. The van der Waals surface area contributed by atoms with Gasteiger partial charge in [-0.1, -0.05) is 29.8 Å². The number of halogens is 1. The summed E-state index contributed by atoms with van der Waals surface area (Å²) in [6.45, 7) is 7.66. The molecule has 2 unspecified atom stereocenters. The monoisotopic (exact) mass is 782 g/mol. The van der Waals surface area contributed by atoms with Crippen molar-refractivity contribution in [3.63, 3.8) is 0 Å². The minimum absolute atomic E-state index is 0.0531. The highest BCUT2D eigenvalue weighted by Crippen LogP contribution is 2.47. The third-order valence-electron chi connectivity index (χ3n) is 12.0. The van der Waals surface area contributed by atoms with Gasteiger partial charge in [-0.15, -0.1) is 0 Å². The van der Waals surface area contributed by atoms with Crippen molar-refractivity contribution in [3.05, 3.63) is 106 Å². The maximum atomic E-state index is 13.7. The first-order valence-electron chi connectivity index (χ1n) is 19.2. The van der Waals surface area contributed by atoms with Gasteiger partial charge in [-0.05, 0) is 104 Å². The standard InChI is InChI=1S/C44H39ClN6O6/c1-44(2)35-17-27(6-12-37(35)50(43(44)56)31-9-5-28(20-46)36(45)19-31)26-3-7-29(8-4-26)49-22-32(23-49)57-24-25-15-16-48(21-25)30-10-11-33-34(18-30)42(55)51(41(33)54)38-13-14-39(52)47-40(38)53/h3-12,17-19,25,32,38H,13-16,21-24H2,1-2H3,(H,47,52,53). The quantitative estimate of drug-likeness (QED) is 0.214. The zero-order valence-electron chi connectivity index (χ0n) is 31.5. The molecule has 4 aromatic rings. The first kappa shape index (κ1) is 36.6. The van der Waals surface area contributed by atoms with Gasteiger partial charge in [-0.3, -0.25) is 39.1 Å². The Hall–Kier alpha value is -6.03. The lowest BCUT2D eigenvalue weighted by molar-refractivity contribution is -0.136. The summed E-state index contributed by atoms with van der Waals surface area (Å²) in [5.74, 6) is -1.75. The molecule has 12 nitrogen and oxygen atoms in total. The van der Waals surface area contributed by atoms with E-state index in [1.54, 1.807) is 35.2 Å². The number of rotatable bonds is 8. The molecule has 3 saturated heterocycles. The molecule has 0 saturated carbocycles. The number of amides is 5. The van der Waals surface area contributed by atoms with Gasteiger partial charge in [0.25, 0.3) is 11.8 Å². The largest absolute Gasteiger partial charge is 0.374 e. The second-order valence-electron chi connectivity index (χ2n) is 16.0. The molecule has 5 amide bonds. The lowest BCUT2D eigenvalue weighted by Crippen LogP contribution is -2.54. The van der Waals surface area contributed by atoms with Crippen LogP contribution in [0.15, 0.2) is 78.9 Å². The number of piperidine rings is 1. The normalized spacial score (nSPS) is 21.5. The van der Waals surface area contributed by atoms with Crippen LogP contribution in [0.3, 0.4) is 0 Å². The molecule has 2 atom stereocenters. The molecule has 4 aromatic carbocycles. The Kier molecular flexibility index (Phi) is 8.90. The van der Waals surface area contributed by atoms with Crippen LogP contribution in [0, 0.1) is 17.2 Å². The van der Waals surface area contributed by atoms with Crippen molar-refractivity contribution in [1.82, 2.24) is 10.2 Å². The number of ether oxygens (including phenoxy) is 1. The van der Waals surface area contributed by atoms with Crippen LogP contribution < -0.4 is 20.0 Å². The van der Waals surface area contributed by atoms with Crippen LogP contribution in [0.1, 0.15) is 65.0 Å². The van der Waals surface area contributed by atoms with E-state index in [0.717, 1.165) is 71.3 Å². The van der Waals surface area contributed by atoms with Crippen molar-refractivity contribution in [1.29, 1.82) is 5.26 Å². The molecule has 0 aromatic heterocycles. The van der Waals surface area contributed by atoms with Crippen LogP contribution >= 0.6 is 11.6 Å². The van der Waals surface area contributed by atoms with Crippen LogP contribution in [-0.2, 0) is 24.5 Å². The van der Waals surface area contributed by atoms with Gasteiger partial charge in [0, 0.05) is 49.9 Å². The van der Waals surface area contributed by atoms with Crippen molar-refractivity contribution >= 4 is 63.9 Å². The summed E-state index contributed by atoms with van der Waals surface area (Å²) in [6, 6.07) is 26.0. The average Bonchev–Trinajstić information content (AvgIpc) is 3.82. The maximum absolute atomic E-state index is 13.7. The van der Waals surface area contributed by atoms with Crippen molar-refractivity contribution in [3.8, 4) is 17.2 Å². The molecule has 5 heterocycles. The SMILES string of the molecule is CC1(C)C(=O)N(c2ccc(C#N)c(Cl)c2)c2ccc(-c3ccc(N4CC(OCC5CCN(c6ccc7c(c6)C(=O)N(C6CCC(=O)NC6=O)C7=O)C5)C4)cc3)cc21. The van der Waals surface area contributed by atoms with Crippen LogP contribution in [0.25, 0.3) is 11.1 Å². The third kappa shape index (κ3) is 6.22. The molecule has 5 aliphatic rings. The Morgan fingerprint density at radius 2 is 1.53 bits per heavy atom. The molecule has 0 spiro atoms. The number of hydrogen-bond acceptors (Lipinski definition) is 9. The first-order valence-corrected chi connectivity index (χ1v) is 19.6. The highest BCUT2D eigenvalue weighted by atomic mass is 35.5. The molecule has 3 fully saturated rings. The molecule has 0 aliphatic carbocycles. The Bertz CT molecular complexity index is 2440. The molecule has 13 heteroatoms. The number of benzene rings is 4. The van der Waals surface area contributed by atoms with E-state index in [-0.39, 0.29) is 36.0 Å². The van der Waals surface area contributed by atoms with Gasteiger partial charge in [-0.2, -0.15) is 5.26 Å². The van der Waals surface area contributed by atoms with E-state index in [9.17, 15) is 29.2 Å². The van der Waals surface area contributed by atoms with Gasteiger partial charge in [0.2, 0.25) is 17.7 Å². The number of nitrogens with zero attached hydrogens (tertiary/aromatic N) is 5. The zero-order valence-corrected chi connectivity index (χ0v) is 32.2. The Labute approximate surface area is 334 Å². The van der Waals surface area contributed by atoms with Crippen molar-refractivity contribution in [2.24, 2.45) is 5.92 Å². The first-order chi connectivity index (χ1) is 27.4. The summed E-state index contributed by atoms with van der Waals surface area (Å²) in [5.41, 5.74) is 6.59. The van der Waals surface area contributed by atoms with Crippen LogP contribution in [-0.4, -0.2) is 79.4 Å². The number of fused-ring (bicyclic) bond motifs is 2. The van der Waals surface area contributed by atoms with Crippen LogP contribution in [0.2, 0.25) is 5.02 Å². The van der Waals surface area contributed by atoms with Gasteiger partial charge < -0.3 is 14.5 Å². The summed E-state index contributed by atoms with van der Waals surface area (Å²) in [5, 5.41) is 11.8. The van der Waals surface area contributed by atoms with Crippen LogP contribution in [0.5, 0.6) is 0 Å². The van der Waals surface area contributed by atoms with Crippen molar-refractivity contribution in [2.75, 3.05) is 47.5 Å². The fourth-order valence-corrected chi connectivity index (χ4v) is 8.87. The van der Waals surface area contributed by atoms with E-state index in [2.05, 4.69) is 51.5 Å². The van der Waals surface area contributed by atoms with E-state index in [4.69, 9.17) is 16.3 Å². The van der Waals surface area contributed by atoms with E-state index in [1.807, 2.05) is 32.0 Å². The van der Waals surface area contributed by atoms with Crippen molar-refractivity contribution < 1.29 is 28.7 Å². The van der Waals surface area contributed by atoms with Gasteiger partial charge in [0.05, 0.1) is 51.2 Å². The molecular weight excluding hydrogens is 744 g/mol. The Morgan fingerprint density at radius 1 is 0.807 bits per heavy atom. The smallest absolute Gasteiger partial charge is 0.262 e. The van der Waals surface area contributed by atoms with E-state index in [1.165, 1.54) is 0 Å². The van der Waals surface area contributed by atoms with Gasteiger partial charge in [0.1, 0.15) is 12.1 Å². The third-order valence-corrected chi connectivity index (χ3v) is 12.3. The molecule has 5 aliphatic heterocycles. The van der Waals surface area contributed by atoms with Crippen molar-refractivity contribution in [2.45, 2.75) is 50.7 Å². The molecule has 288 valence electrons. The lowest BCUT2D eigenvalue weighted by Gasteiger charge is -2.41. The summed E-state index contributed by atoms with van der Waals surface area (Å²) in [4.78, 5) is 71.3. The maximum Gasteiger partial charge on any atom is 0.262 e. The fourth-order valence-electron chi connectivity index (χ4n) is 8.66. The number of hydrogen-bond donors (Lipinski definition) is 1. The summed E-state index contributed by atoms with van der Waals surface area (Å²) in [7, 11) is 0. The van der Waals surface area contributed by atoms with E-state index >= 15 is 0 Å². The molecule has 0 bridgehead atoms. The Morgan fingerprint density at radius 3 is 2.26 bits per heavy atom. The number of nitrogens with one attached hydrogen (secondary N) is 1. The molecule has 1 N–H and O–H groups in total. The number of carbonyl (C=O) groups is 5.